The van der Waals surface area contributed by atoms with Crippen molar-refractivity contribution >= 4 is 5.96 Å². The van der Waals surface area contributed by atoms with Crippen molar-refractivity contribution in [3.05, 3.63) is 0 Å². The molecule has 1 saturated heterocycles. The van der Waals surface area contributed by atoms with Crippen molar-refractivity contribution in [1.82, 2.24) is 10.3 Å². The summed E-state index contributed by atoms with van der Waals surface area (Å²) < 4.78 is 0. The zero-order valence-electron chi connectivity index (χ0n) is 9.45. The van der Waals surface area contributed by atoms with E-state index < -0.39 is 0 Å². The Bertz CT molecular complexity index is 200. The molecule has 1 fully saturated rings. The third-order valence-electron chi connectivity index (χ3n) is 2.47. The van der Waals surface area contributed by atoms with Gasteiger partial charge in [-0.2, -0.15) is 0 Å². The van der Waals surface area contributed by atoms with Crippen LogP contribution in [0.2, 0.25) is 0 Å². The second-order valence-electron chi connectivity index (χ2n) is 4.38. The molecule has 0 bridgehead atoms. The number of hydrazine groups is 1. The smallest absolute Gasteiger partial charge is 0.208 e. The van der Waals surface area contributed by atoms with Crippen LogP contribution >= 0.6 is 0 Å². The van der Waals surface area contributed by atoms with Crippen LogP contribution in [0.25, 0.3) is 0 Å². The first-order valence-electron chi connectivity index (χ1n) is 5.43. The molecule has 0 amide bonds. The summed E-state index contributed by atoms with van der Waals surface area (Å²) in [6.45, 7) is 8.53. The molecule has 3 N–H and O–H groups in total. The van der Waals surface area contributed by atoms with Gasteiger partial charge in [-0.3, -0.25) is 5.43 Å². The van der Waals surface area contributed by atoms with Gasteiger partial charge in [0.25, 0.3) is 0 Å². The number of piperidine rings is 1. The van der Waals surface area contributed by atoms with Gasteiger partial charge in [0.05, 0.1) is 0 Å². The van der Waals surface area contributed by atoms with Gasteiger partial charge in [0.15, 0.2) is 0 Å². The van der Waals surface area contributed by atoms with Gasteiger partial charge >= 0.3 is 0 Å². The predicted molar refractivity (Wildman–Crippen MR) is 59.9 cm³/mol. The van der Waals surface area contributed by atoms with Gasteiger partial charge in [-0.1, -0.05) is 6.92 Å². The first kappa shape index (κ1) is 11.3. The highest BCUT2D eigenvalue weighted by Gasteiger charge is 2.18. The lowest BCUT2D eigenvalue weighted by atomic mass is 10.0. The van der Waals surface area contributed by atoms with E-state index in [-0.39, 0.29) is 0 Å². The van der Waals surface area contributed by atoms with E-state index in [2.05, 4.69) is 36.1 Å². The zero-order chi connectivity index (χ0) is 10.6. The Morgan fingerprint density at radius 3 is 2.79 bits per heavy atom. The van der Waals surface area contributed by atoms with E-state index in [0.29, 0.717) is 6.04 Å². The summed E-state index contributed by atoms with van der Waals surface area (Å²) in [7, 11) is 0. The van der Waals surface area contributed by atoms with Crippen LogP contribution in [0.15, 0.2) is 4.99 Å². The molecule has 1 aliphatic rings. The van der Waals surface area contributed by atoms with E-state index in [9.17, 15) is 0 Å². The summed E-state index contributed by atoms with van der Waals surface area (Å²) in [5.74, 6) is 7.06. The highest BCUT2D eigenvalue weighted by Crippen LogP contribution is 2.15. The minimum absolute atomic E-state index is 0.290. The minimum Gasteiger partial charge on any atom is -0.342 e. The number of nitrogens with one attached hydrogen (secondary N) is 1. The molecule has 4 heteroatoms. The van der Waals surface area contributed by atoms with Gasteiger partial charge in [0, 0.05) is 19.1 Å². The van der Waals surface area contributed by atoms with E-state index in [1.807, 2.05) is 0 Å². The lowest BCUT2D eigenvalue weighted by molar-refractivity contribution is 0.265. The van der Waals surface area contributed by atoms with Gasteiger partial charge in [-0.25, -0.2) is 10.8 Å². The van der Waals surface area contributed by atoms with Crippen LogP contribution < -0.4 is 11.3 Å². The van der Waals surface area contributed by atoms with E-state index in [1.54, 1.807) is 0 Å². The standard InChI is InChI=1S/C10H22N4/c1-8(2)12-10(13-11)14-6-4-5-9(3)7-14/h8-9H,4-7,11H2,1-3H3,(H,12,13). The number of nitrogens with two attached hydrogens (primary N) is 1. The van der Waals surface area contributed by atoms with Crippen LogP contribution in [0, 0.1) is 5.92 Å². The SMILES string of the molecule is CC1CCCN(C(=NC(C)C)NN)C1. The third-order valence-corrected chi connectivity index (χ3v) is 2.47. The molecule has 0 spiro atoms. The molecule has 82 valence electrons. The minimum atomic E-state index is 0.290. The van der Waals surface area contributed by atoms with Crippen molar-refractivity contribution in [2.75, 3.05) is 13.1 Å². The third kappa shape index (κ3) is 3.18. The Balaban J connectivity index is 2.59. The summed E-state index contributed by atoms with van der Waals surface area (Å²) >= 11 is 0. The molecule has 0 aromatic rings. The summed E-state index contributed by atoms with van der Waals surface area (Å²) in [6, 6.07) is 0.290. The van der Waals surface area contributed by atoms with E-state index in [0.717, 1.165) is 25.0 Å². The number of aliphatic imine (C=N–C) groups is 1. The number of rotatable bonds is 1. The maximum absolute atomic E-state index is 5.47. The zero-order valence-corrected chi connectivity index (χ0v) is 9.45. The van der Waals surface area contributed by atoms with Crippen LogP contribution in [-0.4, -0.2) is 30.0 Å². The van der Waals surface area contributed by atoms with Crippen molar-refractivity contribution in [3.8, 4) is 0 Å². The van der Waals surface area contributed by atoms with Gasteiger partial charge in [-0.05, 0) is 32.6 Å². The summed E-state index contributed by atoms with van der Waals surface area (Å²) in [4.78, 5) is 6.70. The molecule has 0 saturated carbocycles. The molecule has 0 radical (unpaired) electrons. The predicted octanol–water partition coefficient (Wildman–Crippen LogP) is 0.946. The maximum atomic E-state index is 5.47. The van der Waals surface area contributed by atoms with Gasteiger partial charge in [0.1, 0.15) is 0 Å². The molecule has 1 heterocycles. The van der Waals surface area contributed by atoms with Crippen LogP contribution in [0.5, 0.6) is 0 Å². The normalized spacial score (nSPS) is 24.2. The molecule has 1 aliphatic heterocycles. The number of guanidine groups is 1. The number of hydrogen-bond acceptors (Lipinski definition) is 2. The molecule has 4 nitrogen and oxygen atoms in total. The van der Waals surface area contributed by atoms with Crippen LogP contribution in [0.4, 0.5) is 0 Å². The lowest BCUT2D eigenvalue weighted by Crippen LogP contribution is -2.49. The first-order valence-corrected chi connectivity index (χ1v) is 5.43. The quantitative estimate of drug-likeness (QED) is 0.285. The summed E-state index contributed by atoms with van der Waals surface area (Å²) in [6.07, 6.45) is 2.55. The molecule has 0 aromatic heterocycles. The fourth-order valence-electron chi connectivity index (χ4n) is 1.84. The second kappa shape index (κ2) is 5.20. The van der Waals surface area contributed by atoms with Gasteiger partial charge < -0.3 is 4.90 Å². The van der Waals surface area contributed by atoms with Crippen LogP contribution in [0.3, 0.4) is 0 Å². The molecule has 1 unspecified atom stereocenters. The van der Waals surface area contributed by atoms with Crippen molar-refractivity contribution in [1.29, 1.82) is 0 Å². The van der Waals surface area contributed by atoms with Crippen LogP contribution in [0.1, 0.15) is 33.6 Å². The molecule has 1 rings (SSSR count). The highest BCUT2D eigenvalue weighted by atomic mass is 15.4. The highest BCUT2D eigenvalue weighted by molar-refractivity contribution is 5.79. The fraction of sp³-hybridized carbons (Fsp3) is 0.900. The number of hydrogen-bond donors (Lipinski definition) is 2. The average molecular weight is 198 g/mol. The second-order valence-corrected chi connectivity index (χ2v) is 4.38. The van der Waals surface area contributed by atoms with Crippen molar-refractivity contribution < 1.29 is 0 Å². The molecular weight excluding hydrogens is 176 g/mol. The lowest BCUT2D eigenvalue weighted by Gasteiger charge is -2.33. The summed E-state index contributed by atoms with van der Waals surface area (Å²) in [5.41, 5.74) is 2.70. The Kier molecular flexibility index (Phi) is 4.20. The molecule has 1 atom stereocenters. The topological polar surface area (TPSA) is 53.6 Å². The molecule has 0 aromatic carbocycles. The monoisotopic (exact) mass is 198 g/mol. The van der Waals surface area contributed by atoms with Crippen molar-refractivity contribution in [2.24, 2.45) is 16.8 Å². The van der Waals surface area contributed by atoms with E-state index >= 15 is 0 Å². The van der Waals surface area contributed by atoms with Crippen molar-refractivity contribution in [3.63, 3.8) is 0 Å². The molecule has 14 heavy (non-hydrogen) atoms. The Morgan fingerprint density at radius 2 is 2.29 bits per heavy atom. The van der Waals surface area contributed by atoms with E-state index in [1.165, 1.54) is 12.8 Å². The molecule has 0 aliphatic carbocycles. The Labute approximate surface area is 86.5 Å². The Morgan fingerprint density at radius 1 is 1.57 bits per heavy atom. The Hall–Kier alpha value is -0.770. The van der Waals surface area contributed by atoms with Gasteiger partial charge in [0.2, 0.25) is 5.96 Å². The maximum Gasteiger partial charge on any atom is 0.208 e. The molecular formula is C10H22N4. The van der Waals surface area contributed by atoms with Crippen LogP contribution in [-0.2, 0) is 0 Å². The average Bonchev–Trinajstić information content (AvgIpc) is 2.14. The largest absolute Gasteiger partial charge is 0.342 e. The van der Waals surface area contributed by atoms with Crippen molar-refractivity contribution in [2.45, 2.75) is 39.7 Å². The van der Waals surface area contributed by atoms with Gasteiger partial charge in [-0.15, -0.1) is 0 Å². The number of likely N-dealkylation sites (tertiary alicyclic amines) is 1. The summed E-state index contributed by atoms with van der Waals surface area (Å²) in [5, 5.41) is 0. The first-order chi connectivity index (χ1) is 6.63. The van der Waals surface area contributed by atoms with E-state index in [4.69, 9.17) is 5.84 Å². The number of nitrogens with zero attached hydrogens (tertiary/aromatic N) is 2. The fourth-order valence-corrected chi connectivity index (χ4v) is 1.84.